The Bertz CT molecular complexity index is 534. The number of hydrogen-bond acceptors (Lipinski definition) is 4. The molecule has 0 saturated carbocycles. The number of aromatic nitrogens is 1. The van der Waals surface area contributed by atoms with Crippen LogP contribution in [-0.2, 0) is 6.61 Å². The lowest BCUT2D eigenvalue weighted by Crippen LogP contribution is -2.12. The number of pyridine rings is 1. The molecule has 1 amide bonds. The molecule has 0 aliphatic heterocycles. The van der Waals surface area contributed by atoms with Gasteiger partial charge in [-0.05, 0) is 25.1 Å². The minimum absolute atomic E-state index is 0.193. The molecule has 2 heterocycles. The summed E-state index contributed by atoms with van der Waals surface area (Å²) >= 11 is 0. The minimum Gasteiger partial charge on any atom is -0.446 e. The molecule has 5 heteroatoms. The average molecular weight is 232 g/mol. The van der Waals surface area contributed by atoms with Crippen molar-refractivity contribution < 1.29 is 14.3 Å². The maximum absolute atomic E-state index is 11.8. The van der Waals surface area contributed by atoms with E-state index < -0.39 is 0 Å². The maximum Gasteiger partial charge on any atom is 0.258 e. The summed E-state index contributed by atoms with van der Waals surface area (Å²) in [6, 6.07) is 6.55. The zero-order valence-corrected chi connectivity index (χ0v) is 9.30. The molecule has 0 aromatic carbocycles. The van der Waals surface area contributed by atoms with Crippen LogP contribution >= 0.6 is 0 Å². The Morgan fingerprint density at radius 1 is 1.47 bits per heavy atom. The molecule has 2 aromatic heterocycles. The Balaban J connectivity index is 2.14. The number of aryl methyl sites for hydroxylation is 1. The fourth-order valence-electron chi connectivity index (χ4n) is 1.39. The van der Waals surface area contributed by atoms with E-state index in [-0.39, 0.29) is 12.5 Å². The lowest BCUT2D eigenvalue weighted by atomic mass is 10.2. The van der Waals surface area contributed by atoms with Crippen molar-refractivity contribution in [1.82, 2.24) is 4.98 Å². The van der Waals surface area contributed by atoms with E-state index in [9.17, 15) is 4.79 Å². The first-order chi connectivity index (χ1) is 8.19. The van der Waals surface area contributed by atoms with E-state index in [1.54, 1.807) is 25.1 Å². The normalized spacial score (nSPS) is 10.2. The van der Waals surface area contributed by atoms with Gasteiger partial charge in [0, 0.05) is 17.8 Å². The molecule has 0 unspecified atom stereocenters. The van der Waals surface area contributed by atoms with E-state index in [1.807, 2.05) is 0 Å². The van der Waals surface area contributed by atoms with Crippen LogP contribution in [0.2, 0.25) is 0 Å². The van der Waals surface area contributed by atoms with Crippen molar-refractivity contribution in [2.75, 3.05) is 5.32 Å². The largest absolute Gasteiger partial charge is 0.446 e. The molecular formula is C12H12N2O3. The van der Waals surface area contributed by atoms with Gasteiger partial charge in [0.05, 0.1) is 12.3 Å². The average Bonchev–Trinajstić information content (AvgIpc) is 2.75. The fraction of sp³-hybridized carbons (Fsp3) is 0.167. The molecule has 0 bridgehead atoms. The number of furan rings is 1. The van der Waals surface area contributed by atoms with Crippen molar-refractivity contribution >= 4 is 11.8 Å². The highest BCUT2D eigenvalue weighted by atomic mass is 16.4. The Hall–Kier alpha value is -2.14. The van der Waals surface area contributed by atoms with Gasteiger partial charge in [-0.3, -0.25) is 15.1 Å². The van der Waals surface area contributed by atoms with Gasteiger partial charge in [0.25, 0.3) is 5.91 Å². The maximum atomic E-state index is 11.8. The molecule has 88 valence electrons. The lowest BCUT2D eigenvalue weighted by Gasteiger charge is -2.03. The summed E-state index contributed by atoms with van der Waals surface area (Å²) in [5.74, 6) is 0.831. The molecule has 5 nitrogen and oxygen atoms in total. The number of hydrogen-bond donors (Lipinski definition) is 2. The SMILES string of the molecule is Cc1ccc(NC(=O)c2ccnc(CO)c2)o1. The molecule has 0 atom stereocenters. The number of amides is 1. The number of carbonyl (C=O) groups is 1. The number of nitrogens with one attached hydrogen (secondary N) is 1. The van der Waals surface area contributed by atoms with Crippen LogP contribution in [0, 0.1) is 6.92 Å². The van der Waals surface area contributed by atoms with Gasteiger partial charge in [-0.1, -0.05) is 0 Å². The van der Waals surface area contributed by atoms with E-state index in [0.717, 1.165) is 5.76 Å². The standard InChI is InChI=1S/C12H12N2O3/c1-8-2-3-11(17-8)14-12(16)9-4-5-13-10(6-9)7-15/h2-6,15H,7H2,1H3,(H,14,16). The summed E-state index contributed by atoms with van der Waals surface area (Å²) in [5.41, 5.74) is 0.881. The second-order valence-corrected chi connectivity index (χ2v) is 3.56. The zero-order valence-electron chi connectivity index (χ0n) is 9.30. The fourth-order valence-corrected chi connectivity index (χ4v) is 1.39. The molecule has 2 N–H and O–H groups in total. The summed E-state index contributed by atoms with van der Waals surface area (Å²) in [6.45, 7) is 1.60. The molecule has 0 saturated heterocycles. The first kappa shape index (κ1) is 11.3. The molecule has 0 fully saturated rings. The first-order valence-corrected chi connectivity index (χ1v) is 5.12. The topological polar surface area (TPSA) is 75.4 Å². The van der Waals surface area contributed by atoms with Gasteiger partial charge in [0.1, 0.15) is 5.76 Å². The highest BCUT2D eigenvalue weighted by Crippen LogP contribution is 2.13. The quantitative estimate of drug-likeness (QED) is 0.845. The predicted molar refractivity (Wildman–Crippen MR) is 61.6 cm³/mol. The van der Waals surface area contributed by atoms with Crippen LogP contribution in [-0.4, -0.2) is 16.0 Å². The van der Waals surface area contributed by atoms with Crippen molar-refractivity contribution in [3.05, 3.63) is 47.5 Å². The number of carbonyl (C=O) groups excluding carboxylic acids is 1. The third-order valence-electron chi connectivity index (χ3n) is 2.22. The molecule has 17 heavy (non-hydrogen) atoms. The highest BCUT2D eigenvalue weighted by molar-refractivity contribution is 6.03. The zero-order chi connectivity index (χ0) is 12.3. The van der Waals surface area contributed by atoms with E-state index in [4.69, 9.17) is 9.52 Å². The van der Waals surface area contributed by atoms with Gasteiger partial charge >= 0.3 is 0 Å². The van der Waals surface area contributed by atoms with Gasteiger partial charge in [0.2, 0.25) is 0 Å². The highest BCUT2D eigenvalue weighted by Gasteiger charge is 2.08. The van der Waals surface area contributed by atoms with Crippen LogP contribution in [0.25, 0.3) is 0 Å². The van der Waals surface area contributed by atoms with Crippen LogP contribution in [0.5, 0.6) is 0 Å². The van der Waals surface area contributed by atoms with Crippen LogP contribution in [0.3, 0.4) is 0 Å². The van der Waals surface area contributed by atoms with Crippen molar-refractivity contribution in [3.63, 3.8) is 0 Å². The third kappa shape index (κ3) is 2.70. The number of aliphatic hydroxyl groups excluding tert-OH is 1. The second-order valence-electron chi connectivity index (χ2n) is 3.56. The van der Waals surface area contributed by atoms with Gasteiger partial charge < -0.3 is 9.52 Å². The van der Waals surface area contributed by atoms with Gasteiger partial charge in [0.15, 0.2) is 5.88 Å². The Labute approximate surface area is 98.1 Å². The molecule has 0 aliphatic rings. The summed E-state index contributed by atoms with van der Waals surface area (Å²) in [7, 11) is 0. The van der Waals surface area contributed by atoms with Crippen LogP contribution in [0.4, 0.5) is 5.88 Å². The summed E-state index contributed by atoms with van der Waals surface area (Å²) in [6.07, 6.45) is 1.48. The van der Waals surface area contributed by atoms with Gasteiger partial charge in [-0.15, -0.1) is 0 Å². The van der Waals surface area contributed by atoms with Gasteiger partial charge in [-0.2, -0.15) is 0 Å². The molecular weight excluding hydrogens is 220 g/mol. The van der Waals surface area contributed by atoms with E-state index in [0.29, 0.717) is 17.1 Å². The smallest absolute Gasteiger partial charge is 0.258 e. The van der Waals surface area contributed by atoms with Crippen molar-refractivity contribution in [1.29, 1.82) is 0 Å². The number of nitrogens with zero attached hydrogens (tertiary/aromatic N) is 1. The first-order valence-electron chi connectivity index (χ1n) is 5.12. The predicted octanol–water partition coefficient (Wildman–Crippen LogP) is 1.73. The van der Waals surface area contributed by atoms with Crippen LogP contribution in [0.15, 0.2) is 34.9 Å². The molecule has 2 aromatic rings. The van der Waals surface area contributed by atoms with Crippen molar-refractivity contribution in [3.8, 4) is 0 Å². The van der Waals surface area contributed by atoms with E-state index in [1.165, 1.54) is 12.3 Å². The summed E-state index contributed by atoms with van der Waals surface area (Å²) < 4.78 is 5.24. The van der Waals surface area contributed by atoms with E-state index >= 15 is 0 Å². The van der Waals surface area contributed by atoms with Crippen molar-refractivity contribution in [2.45, 2.75) is 13.5 Å². The summed E-state index contributed by atoms with van der Waals surface area (Å²) in [4.78, 5) is 15.7. The monoisotopic (exact) mass is 232 g/mol. The lowest BCUT2D eigenvalue weighted by molar-refractivity contribution is 0.102. The Kier molecular flexibility index (Phi) is 3.20. The summed E-state index contributed by atoms with van der Waals surface area (Å²) in [5, 5.41) is 11.5. The van der Waals surface area contributed by atoms with E-state index in [2.05, 4.69) is 10.3 Å². The number of rotatable bonds is 3. The van der Waals surface area contributed by atoms with Crippen LogP contribution < -0.4 is 5.32 Å². The molecule has 0 spiro atoms. The molecule has 2 rings (SSSR count). The molecule has 0 aliphatic carbocycles. The minimum atomic E-state index is -0.295. The van der Waals surface area contributed by atoms with Crippen molar-refractivity contribution in [2.24, 2.45) is 0 Å². The molecule has 0 radical (unpaired) electrons. The van der Waals surface area contributed by atoms with Gasteiger partial charge in [-0.25, -0.2) is 0 Å². The number of aliphatic hydroxyl groups is 1. The number of anilines is 1. The second kappa shape index (κ2) is 4.80. The van der Waals surface area contributed by atoms with Crippen LogP contribution in [0.1, 0.15) is 21.8 Å². The Morgan fingerprint density at radius 3 is 2.94 bits per heavy atom. The Morgan fingerprint density at radius 2 is 2.29 bits per heavy atom. The third-order valence-corrected chi connectivity index (χ3v) is 2.22.